The molecule has 1 fully saturated rings. The van der Waals surface area contributed by atoms with Gasteiger partial charge in [0, 0.05) is 25.7 Å². The first kappa shape index (κ1) is 17.0. The van der Waals surface area contributed by atoms with Gasteiger partial charge in [-0.15, -0.1) is 0 Å². The van der Waals surface area contributed by atoms with Gasteiger partial charge in [-0.1, -0.05) is 24.8 Å². The Bertz CT molecular complexity index is 900. The fraction of sp³-hybridized carbons (Fsp3) is 0.316. The lowest BCUT2D eigenvalue weighted by Gasteiger charge is -2.22. The number of hydrogen-bond donors (Lipinski definition) is 1. The van der Waals surface area contributed by atoms with Crippen molar-refractivity contribution in [2.45, 2.75) is 25.4 Å². The van der Waals surface area contributed by atoms with Gasteiger partial charge in [0.05, 0.1) is 5.52 Å². The van der Waals surface area contributed by atoms with Crippen LogP contribution >= 0.6 is 0 Å². The molecule has 1 atom stereocenters. The van der Waals surface area contributed by atoms with E-state index in [0.717, 1.165) is 17.3 Å². The highest BCUT2D eigenvalue weighted by molar-refractivity contribution is 5.93. The number of carbonyl (C=O) groups excluding carboxylic acids is 2. The highest BCUT2D eigenvalue weighted by Gasteiger charge is 2.32. The van der Waals surface area contributed by atoms with Crippen LogP contribution in [0.25, 0.3) is 10.9 Å². The van der Waals surface area contributed by atoms with Crippen molar-refractivity contribution in [2.24, 2.45) is 7.05 Å². The van der Waals surface area contributed by atoms with Crippen molar-refractivity contribution in [2.75, 3.05) is 6.54 Å². The van der Waals surface area contributed by atoms with Crippen molar-refractivity contribution in [3.63, 3.8) is 0 Å². The minimum atomic E-state index is -0.491. The van der Waals surface area contributed by atoms with Gasteiger partial charge in [0.15, 0.2) is 0 Å². The van der Waals surface area contributed by atoms with E-state index in [1.54, 1.807) is 17.7 Å². The topological polar surface area (TPSA) is 71.4 Å². The SMILES string of the molecule is C=CC(=O)N1CCCC1C(=O)NCc1cc2ccccc2n(C)c1=O. The molecule has 1 aromatic heterocycles. The van der Waals surface area contributed by atoms with Gasteiger partial charge in [-0.25, -0.2) is 0 Å². The summed E-state index contributed by atoms with van der Waals surface area (Å²) >= 11 is 0. The second-order valence-corrected chi connectivity index (χ2v) is 6.20. The molecule has 1 aliphatic rings. The Balaban J connectivity index is 1.77. The van der Waals surface area contributed by atoms with E-state index in [2.05, 4.69) is 11.9 Å². The summed E-state index contributed by atoms with van der Waals surface area (Å²) in [5.41, 5.74) is 1.24. The third-order valence-corrected chi connectivity index (χ3v) is 4.67. The Morgan fingerprint density at radius 3 is 2.88 bits per heavy atom. The van der Waals surface area contributed by atoms with Gasteiger partial charge in [-0.3, -0.25) is 14.4 Å². The number of nitrogens with one attached hydrogen (secondary N) is 1. The minimum Gasteiger partial charge on any atom is -0.350 e. The maximum absolute atomic E-state index is 12.5. The predicted octanol–water partition coefficient (Wildman–Crippen LogP) is 1.33. The molecule has 0 bridgehead atoms. The number of para-hydroxylation sites is 1. The quantitative estimate of drug-likeness (QED) is 0.855. The number of aryl methyl sites for hydroxylation is 1. The number of fused-ring (bicyclic) bond motifs is 1. The van der Waals surface area contributed by atoms with Crippen LogP contribution in [0.15, 0.2) is 47.8 Å². The Morgan fingerprint density at radius 1 is 1.36 bits per heavy atom. The molecule has 130 valence electrons. The van der Waals surface area contributed by atoms with E-state index in [1.165, 1.54) is 11.0 Å². The number of carbonyl (C=O) groups is 2. The highest BCUT2D eigenvalue weighted by Crippen LogP contribution is 2.18. The third-order valence-electron chi connectivity index (χ3n) is 4.67. The van der Waals surface area contributed by atoms with Crippen molar-refractivity contribution in [1.29, 1.82) is 0 Å². The van der Waals surface area contributed by atoms with E-state index in [4.69, 9.17) is 0 Å². The molecule has 0 spiro atoms. The van der Waals surface area contributed by atoms with E-state index in [9.17, 15) is 14.4 Å². The Morgan fingerprint density at radius 2 is 2.12 bits per heavy atom. The molecule has 1 N–H and O–H groups in total. The number of pyridine rings is 1. The predicted molar refractivity (Wildman–Crippen MR) is 96.0 cm³/mol. The highest BCUT2D eigenvalue weighted by atomic mass is 16.2. The van der Waals surface area contributed by atoms with Crippen LogP contribution in [-0.4, -0.2) is 33.9 Å². The van der Waals surface area contributed by atoms with Gasteiger partial charge in [-0.05, 0) is 36.4 Å². The summed E-state index contributed by atoms with van der Waals surface area (Å²) in [7, 11) is 1.72. The van der Waals surface area contributed by atoms with E-state index < -0.39 is 6.04 Å². The lowest BCUT2D eigenvalue weighted by Crippen LogP contribution is -2.45. The number of amides is 2. The van der Waals surface area contributed by atoms with Crippen LogP contribution in [0, 0.1) is 0 Å². The summed E-state index contributed by atoms with van der Waals surface area (Å²) in [6.07, 6.45) is 2.64. The normalized spacial score (nSPS) is 16.8. The molecule has 2 heterocycles. The molecular formula is C19H21N3O3. The monoisotopic (exact) mass is 339 g/mol. The first-order valence-corrected chi connectivity index (χ1v) is 8.31. The van der Waals surface area contributed by atoms with Crippen molar-refractivity contribution < 1.29 is 9.59 Å². The van der Waals surface area contributed by atoms with Gasteiger partial charge in [0.2, 0.25) is 11.8 Å². The number of hydrogen-bond acceptors (Lipinski definition) is 3. The molecular weight excluding hydrogens is 318 g/mol. The van der Waals surface area contributed by atoms with E-state index in [0.29, 0.717) is 18.5 Å². The molecule has 0 aliphatic carbocycles. The third kappa shape index (κ3) is 3.20. The molecule has 6 nitrogen and oxygen atoms in total. The average Bonchev–Trinajstić information content (AvgIpc) is 3.12. The zero-order chi connectivity index (χ0) is 18.0. The first-order valence-electron chi connectivity index (χ1n) is 8.31. The molecule has 1 saturated heterocycles. The molecule has 1 aliphatic heterocycles. The van der Waals surface area contributed by atoms with Crippen molar-refractivity contribution in [3.05, 3.63) is 58.9 Å². The van der Waals surface area contributed by atoms with Crippen molar-refractivity contribution in [3.8, 4) is 0 Å². The van der Waals surface area contributed by atoms with Gasteiger partial charge >= 0.3 is 0 Å². The lowest BCUT2D eigenvalue weighted by atomic mass is 10.1. The molecule has 3 rings (SSSR count). The number of nitrogens with zero attached hydrogens (tertiary/aromatic N) is 2. The van der Waals surface area contributed by atoms with Gasteiger partial charge < -0.3 is 14.8 Å². The summed E-state index contributed by atoms with van der Waals surface area (Å²) in [5.74, 6) is -0.470. The van der Waals surface area contributed by atoms with Crippen LogP contribution in [-0.2, 0) is 23.2 Å². The number of aromatic nitrogens is 1. The van der Waals surface area contributed by atoms with E-state index in [-0.39, 0.29) is 23.9 Å². The zero-order valence-corrected chi connectivity index (χ0v) is 14.2. The standard InChI is InChI=1S/C19H21N3O3/c1-3-17(23)22-10-6-9-16(22)18(24)20-12-14-11-13-7-4-5-8-15(13)21(2)19(14)25/h3-5,7-8,11,16H,1,6,9-10,12H2,2H3,(H,20,24). The van der Waals surface area contributed by atoms with Gasteiger partial charge in [-0.2, -0.15) is 0 Å². The maximum atomic E-state index is 12.5. The second-order valence-electron chi connectivity index (χ2n) is 6.20. The number of benzene rings is 1. The van der Waals surface area contributed by atoms with E-state index >= 15 is 0 Å². The Kier molecular flexibility index (Phi) is 4.70. The van der Waals surface area contributed by atoms with Crippen molar-refractivity contribution in [1.82, 2.24) is 14.8 Å². The smallest absolute Gasteiger partial charge is 0.255 e. The van der Waals surface area contributed by atoms with Gasteiger partial charge in [0.1, 0.15) is 6.04 Å². The van der Waals surface area contributed by atoms with Crippen LogP contribution in [0.4, 0.5) is 0 Å². The Hall–Kier alpha value is -2.89. The van der Waals surface area contributed by atoms with Gasteiger partial charge in [0.25, 0.3) is 5.56 Å². The van der Waals surface area contributed by atoms with Crippen molar-refractivity contribution >= 4 is 22.7 Å². The first-order chi connectivity index (χ1) is 12.0. The molecule has 1 aromatic carbocycles. The Labute approximate surface area is 145 Å². The molecule has 6 heteroatoms. The largest absolute Gasteiger partial charge is 0.350 e. The maximum Gasteiger partial charge on any atom is 0.255 e. The molecule has 1 unspecified atom stereocenters. The van der Waals surface area contributed by atoms with Crippen LogP contribution < -0.4 is 10.9 Å². The van der Waals surface area contributed by atoms with E-state index in [1.807, 2.05) is 24.3 Å². The molecule has 0 saturated carbocycles. The van der Waals surface area contributed by atoms with Crippen LogP contribution in [0.5, 0.6) is 0 Å². The van der Waals surface area contributed by atoms with Crippen LogP contribution in [0.2, 0.25) is 0 Å². The zero-order valence-electron chi connectivity index (χ0n) is 14.2. The fourth-order valence-corrected chi connectivity index (χ4v) is 3.34. The minimum absolute atomic E-state index is 0.135. The summed E-state index contributed by atoms with van der Waals surface area (Å²) in [6, 6.07) is 8.92. The molecule has 2 aromatic rings. The molecule has 2 amide bonds. The second kappa shape index (κ2) is 6.93. The fourth-order valence-electron chi connectivity index (χ4n) is 3.34. The average molecular weight is 339 g/mol. The number of rotatable bonds is 4. The summed E-state index contributed by atoms with van der Waals surface area (Å²) in [4.78, 5) is 38.3. The van der Waals surface area contributed by atoms with Crippen LogP contribution in [0.1, 0.15) is 18.4 Å². The molecule has 25 heavy (non-hydrogen) atoms. The molecule has 0 radical (unpaired) electrons. The summed E-state index contributed by atoms with van der Waals surface area (Å²) in [5, 5.41) is 3.74. The lowest BCUT2D eigenvalue weighted by molar-refractivity contribution is -0.135. The summed E-state index contributed by atoms with van der Waals surface area (Å²) in [6.45, 7) is 4.17. The number of likely N-dealkylation sites (tertiary alicyclic amines) is 1. The van der Waals surface area contributed by atoms with Crippen LogP contribution in [0.3, 0.4) is 0 Å². The summed E-state index contributed by atoms with van der Waals surface area (Å²) < 4.78 is 1.58.